The predicted octanol–water partition coefficient (Wildman–Crippen LogP) is 2.18. The highest BCUT2D eigenvalue weighted by molar-refractivity contribution is 5.64. The molecule has 1 fully saturated rings. The lowest BCUT2D eigenvalue weighted by Crippen LogP contribution is -2.29. The fourth-order valence-corrected chi connectivity index (χ4v) is 2.73. The second kappa shape index (κ2) is 6.05. The molecule has 2 unspecified atom stereocenters. The van der Waals surface area contributed by atoms with E-state index < -0.39 is 0 Å². The van der Waals surface area contributed by atoms with Gasteiger partial charge < -0.3 is 16.2 Å². The maximum Gasteiger partial charge on any atom is 0.149 e. The molecule has 1 aliphatic rings. The lowest BCUT2D eigenvalue weighted by atomic mass is 9.79. The van der Waals surface area contributed by atoms with E-state index in [1.54, 1.807) is 6.20 Å². The molecule has 1 aromatic rings. The van der Waals surface area contributed by atoms with E-state index in [9.17, 15) is 5.11 Å². The zero-order valence-electron chi connectivity index (χ0n) is 11.0. The molecule has 0 amide bonds. The Morgan fingerprint density at radius 2 is 2.11 bits per heavy atom. The largest absolute Gasteiger partial charge is 0.396 e. The second-order valence-corrected chi connectivity index (χ2v) is 5.26. The van der Waals surface area contributed by atoms with E-state index in [0.29, 0.717) is 18.4 Å². The van der Waals surface area contributed by atoms with E-state index in [-0.39, 0.29) is 0 Å². The molecule has 4 heteroatoms. The third kappa shape index (κ3) is 2.93. The Morgan fingerprint density at radius 3 is 2.83 bits per heavy atom. The van der Waals surface area contributed by atoms with Crippen LogP contribution in [0.5, 0.6) is 0 Å². The average Bonchev–Trinajstić information content (AvgIpc) is 2.41. The number of anilines is 2. The van der Waals surface area contributed by atoms with E-state index in [0.717, 1.165) is 30.0 Å². The first-order valence-electron chi connectivity index (χ1n) is 6.78. The number of rotatable bonds is 4. The van der Waals surface area contributed by atoms with Crippen LogP contribution < -0.4 is 11.1 Å². The molecule has 0 aromatic carbocycles. The van der Waals surface area contributed by atoms with Gasteiger partial charge in [0, 0.05) is 19.3 Å². The summed E-state index contributed by atoms with van der Waals surface area (Å²) < 4.78 is 0. The summed E-state index contributed by atoms with van der Waals surface area (Å²) in [6, 6.07) is 1.91. The molecule has 100 valence electrons. The number of aliphatic hydroxyl groups is 1. The van der Waals surface area contributed by atoms with Gasteiger partial charge in [0.05, 0.1) is 5.69 Å². The van der Waals surface area contributed by atoms with Crippen LogP contribution in [0.4, 0.5) is 11.5 Å². The maximum atomic E-state index is 9.39. The van der Waals surface area contributed by atoms with E-state index in [1.165, 1.54) is 19.3 Å². The van der Waals surface area contributed by atoms with Gasteiger partial charge in [0.25, 0.3) is 0 Å². The fraction of sp³-hybridized carbons (Fsp3) is 0.643. The Bertz CT molecular complexity index is 395. The van der Waals surface area contributed by atoms with Gasteiger partial charge in [-0.2, -0.15) is 0 Å². The second-order valence-electron chi connectivity index (χ2n) is 5.26. The van der Waals surface area contributed by atoms with Crippen molar-refractivity contribution in [1.29, 1.82) is 0 Å². The minimum absolute atomic E-state index is 0.295. The minimum atomic E-state index is 0.295. The topological polar surface area (TPSA) is 71.2 Å². The molecule has 2 atom stereocenters. The summed E-state index contributed by atoms with van der Waals surface area (Å²) >= 11 is 0. The summed E-state index contributed by atoms with van der Waals surface area (Å²) in [5.41, 5.74) is 7.77. The first-order chi connectivity index (χ1) is 8.72. The highest BCUT2D eigenvalue weighted by atomic mass is 16.3. The Balaban J connectivity index is 1.96. The molecule has 0 radical (unpaired) electrons. The van der Waals surface area contributed by atoms with Gasteiger partial charge in [-0.1, -0.05) is 12.8 Å². The summed E-state index contributed by atoms with van der Waals surface area (Å²) in [6.07, 6.45) is 6.61. The Hall–Kier alpha value is -1.29. The molecule has 0 spiro atoms. The number of aryl methyl sites for hydroxylation is 1. The number of pyridine rings is 1. The molecule has 2 rings (SSSR count). The zero-order valence-corrected chi connectivity index (χ0v) is 11.0. The van der Waals surface area contributed by atoms with Gasteiger partial charge in [-0.25, -0.2) is 4.98 Å². The van der Waals surface area contributed by atoms with Crippen molar-refractivity contribution in [2.45, 2.75) is 32.6 Å². The fourth-order valence-electron chi connectivity index (χ4n) is 2.73. The van der Waals surface area contributed by atoms with Crippen LogP contribution in [-0.4, -0.2) is 23.2 Å². The van der Waals surface area contributed by atoms with Crippen molar-refractivity contribution in [3.05, 3.63) is 17.8 Å². The van der Waals surface area contributed by atoms with E-state index in [2.05, 4.69) is 10.3 Å². The summed E-state index contributed by atoms with van der Waals surface area (Å²) in [7, 11) is 0. The smallest absolute Gasteiger partial charge is 0.149 e. The number of hydrogen-bond acceptors (Lipinski definition) is 4. The van der Waals surface area contributed by atoms with Crippen molar-refractivity contribution < 1.29 is 5.11 Å². The number of nitrogens with two attached hydrogens (primary N) is 1. The van der Waals surface area contributed by atoms with Gasteiger partial charge in [-0.15, -0.1) is 0 Å². The number of hydrogen-bond donors (Lipinski definition) is 3. The van der Waals surface area contributed by atoms with Crippen LogP contribution in [-0.2, 0) is 0 Å². The average molecular weight is 249 g/mol. The van der Waals surface area contributed by atoms with Crippen molar-refractivity contribution in [1.82, 2.24) is 4.98 Å². The lowest BCUT2D eigenvalue weighted by Gasteiger charge is -2.30. The molecular weight excluding hydrogens is 226 g/mol. The van der Waals surface area contributed by atoms with Crippen molar-refractivity contribution in [3.63, 3.8) is 0 Å². The molecule has 1 aromatic heterocycles. The van der Waals surface area contributed by atoms with Crippen molar-refractivity contribution in [3.8, 4) is 0 Å². The third-order valence-electron chi connectivity index (χ3n) is 4.04. The van der Waals surface area contributed by atoms with Crippen molar-refractivity contribution in [2.24, 2.45) is 11.8 Å². The monoisotopic (exact) mass is 249 g/mol. The number of nitrogens with one attached hydrogen (secondary N) is 1. The Morgan fingerprint density at radius 1 is 1.39 bits per heavy atom. The molecular formula is C14H23N3O. The molecule has 1 saturated carbocycles. The van der Waals surface area contributed by atoms with Crippen LogP contribution in [0.25, 0.3) is 0 Å². The molecule has 0 saturated heterocycles. The summed E-state index contributed by atoms with van der Waals surface area (Å²) in [6.45, 7) is 3.13. The normalized spacial score (nSPS) is 23.9. The van der Waals surface area contributed by atoms with Crippen LogP contribution in [0.3, 0.4) is 0 Å². The Labute approximate surface area is 109 Å². The number of aliphatic hydroxyl groups excluding tert-OH is 1. The first-order valence-corrected chi connectivity index (χ1v) is 6.78. The molecule has 4 N–H and O–H groups in total. The van der Waals surface area contributed by atoms with Gasteiger partial charge in [-0.05, 0) is 43.2 Å². The van der Waals surface area contributed by atoms with Gasteiger partial charge in [0.1, 0.15) is 5.82 Å². The highest BCUT2D eigenvalue weighted by Gasteiger charge is 2.24. The molecule has 1 heterocycles. The summed E-state index contributed by atoms with van der Waals surface area (Å²) in [5.74, 6) is 1.74. The third-order valence-corrected chi connectivity index (χ3v) is 4.04. The molecule has 0 bridgehead atoms. The van der Waals surface area contributed by atoms with E-state index in [4.69, 9.17) is 5.73 Å². The quantitative estimate of drug-likeness (QED) is 0.765. The van der Waals surface area contributed by atoms with E-state index >= 15 is 0 Å². The van der Waals surface area contributed by atoms with Crippen molar-refractivity contribution in [2.75, 3.05) is 24.2 Å². The molecule has 1 aliphatic carbocycles. The van der Waals surface area contributed by atoms with Gasteiger partial charge in [0.2, 0.25) is 0 Å². The molecule has 4 nitrogen and oxygen atoms in total. The number of nitrogen functional groups attached to an aromatic ring is 1. The standard InChI is InChI=1S/C14H23N3O/c1-10-6-7-16-14(13(10)15)17-8-11-4-2-3-5-12(11)9-18/h6-7,11-12,18H,2-5,8-9,15H2,1H3,(H,16,17). The van der Waals surface area contributed by atoms with Crippen LogP contribution in [0.15, 0.2) is 12.3 Å². The Kier molecular flexibility index (Phi) is 4.42. The SMILES string of the molecule is Cc1ccnc(NCC2CCCCC2CO)c1N. The van der Waals surface area contributed by atoms with Crippen LogP contribution in [0.2, 0.25) is 0 Å². The van der Waals surface area contributed by atoms with Gasteiger partial charge in [-0.3, -0.25) is 0 Å². The van der Waals surface area contributed by atoms with Crippen molar-refractivity contribution >= 4 is 11.5 Å². The lowest BCUT2D eigenvalue weighted by molar-refractivity contribution is 0.141. The molecule has 0 aliphatic heterocycles. The number of nitrogens with zero attached hydrogens (tertiary/aromatic N) is 1. The van der Waals surface area contributed by atoms with Crippen LogP contribution in [0, 0.1) is 18.8 Å². The predicted molar refractivity (Wildman–Crippen MR) is 74.4 cm³/mol. The zero-order chi connectivity index (χ0) is 13.0. The maximum absolute atomic E-state index is 9.39. The molecule has 18 heavy (non-hydrogen) atoms. The van der Waals surface area contributed by atoms with Crippen LogP contribution in [0.1, 0.15) is 31.2 Å². The summed E-state index contributed by atoms with van der Waals surface area (Å²) in [5, 5.41) is 12.7. The van der Waals surface area contributed by atoms with Gasteiger partial charge in [0.15, 0.2) is 0 Å². The van der Waals surface area contributed by atoms with Crippen LogP contribution >= 0.6 is 0 Å². The number of aromatic nitrogens is 1. The van der Waals surface area contributed by atoms with Gasteiger partial charge >= 0.3 is 0 Å². The van der Waals surface area contributed by atoms with E-state index in [1.807, 2.05) is 13.0 Å². The summed E-state index contributed by atoms with van der Waals surface area (Å²) in [4.78, 5) is 4.28. The first kappa shape index (κ1) is 13.1. The minimum Gasteiger partial charge on any atom is -0.396 e. The highest BCUT2D eigenvalue weighted by Crippen LogP contribution is 2.30.